The molecule has 0 aliphatic carbocycles. The number of ether oxygens (including phenoxy) is 1. The Morgan fingerprint density at radius 1 is 1.08 bits per heavy atom. The van der Waals surface area contributed by atoms with E-state index in [1.807, 2.05) is 50.2 Å². The van der Waals surface area contributed by atoms with E-state index in [2.05, 4.69) is 10.2 Å². The predicted octanol–water partition coefficient (Wildman–Crippen LogP) is 6.82. The normalized spacial score (nSPS) is 16.6. The fraction of sp³-hybridized carbons (Fsp3) is 0.172. The van der Waals surface area contributed by atoms with Crippen LogP contribution in [-0.4, -0.2) is 33.6 Å². The summed E-state index contributed by atoms with van der Waals surface area (Å²) in [4.78, 5) is 28.2. The molecule has 10 heteroatoms. The number of halogens is 1. The SMILES string of the molecule is CCOc1cccc(C2/C(=C(\O)c3ccc(C)cc3)C(=O)C(=O)N2c2nnc(SCc3ccc(Cl)cc3)s2)c1. The van der Waals surface area contributed by atoms with E-state index in [-0.39, 0.29) is 16.5 Å². The Kier molecular flexibility index (Phi) is 8.02. The lowest BCUT2D eigenvalue weighted by Crippen LogP contribution is -2.29. The van der Waals surface area contributed by atoms with Crippen molar-refractivity contribution in [2.75, 3.05) is 11.5 Å². The molecule has 0 saturated carbocycles. The van der Waals surface area contributed by atoms with E-state index in [0.29, 0.717) is 38.6 Å². The number of carbonyl (C=O) groups excluding carboxylic acids is 2. The summed E-state index contributed by atoms with van der Waals surface area (Å²) in [7, 11) is 0. The third kappa shape index (κ3) is 5.71. The first-order valence-corrected chi connectivity index (χ1v) is 14.3. The minimum absolute atomic E-state index is 0.0110. The van der Waals surface area contributed by atoms with Crippen molar-refractivity contribution in [3.63, 3.8) is 0 Å². The Bertz CT molecular complexity index is 1550. The minimum Gasteiger partial charge on any atom is -0.507 e. The summed E-state index contributed by atoms with van der Waals surface area (Å²) in [6.45, 7) is 4.26. The van der Waals surface area contributed by atoms with Gasteiger partial charge in [-0.2, -0.15) is 0 Å². The zero-order chi connectivity index (χ0) is 27.5. The van der Waals surface area contributed by atoms with E-state index in [4.69, 9.17) is 16.3 Å². The number of aliphatic hydroxyl groups excluding tert-OH is 1. The molecule has 1 atom stereocenters. The molecular formula is C29H24ClN3O4S2. The Morgan fingerprint density at radius 2 is 1.82 bits per heavy atom. The van der Waals surface area contributed by atoms with Gasteiger partial charge in [-0.3, -0.25) is 14.5 Å². The van der Waals surface area contributed by atoms with Gasteiger partial charge in [-0.05, 0) is 49.2 Å². The van der Waals surface area contributed by atoms with Crippen LogP contribution in [0, 0.1) is 6.92 Å². The van der Waals surface area contributed by atoms with Crippen LogP contribution in [0.15, 0.2) is 82.7 Å². The zero-order valence-electron chi connectivity index (χ0n) is 21.1. The quantitative estimate of drug-likeness (QED) is 0.0807. The first-order valence-electron chi connectivity index (χ1n) is 12.2. The second kappa shape index (κ2) is 11.6. The van der Waals surface area contributed by atoms with Crippen molar-refractivity contribution in [3.05, 3.63) is 106 Å². The summed E-state index contributed by atoms with van der Waals surface area (Å²) < 4.78 is 6.32. The van der Waals surface area contributed by atoms with Gasteiger partial charge in [0.15, 0.2) is 4.34 Å². The molecule has 4 aromatic rings. The zero-order valence-corrected chi connectivity index (χ0v) is 23.5. The molecule has 1 amide bonds. The molecule has 1 fully saturated rings. The van der Waals surface area contributed by atoms with Crippen molar-refractivity contribution in [3.8, 4) is 5.75 Å². The van der Waals surface area contributed by atoms with Crippen LogP contribution in [0.4, 0.5) is 5.13 Å². The maximum absolute atomic E-state index is 13.4. The van der Waals surface area contributed by atoms with E-state index in [9.17, 15) is 14.7 Å². The third-order valence-corrected chi connectivity index (χ3v) is 8.51. The number of nitrogens with zero attached hydrogens (tertiary/aromatic N) is 3. The Labute approximate surface area is 239 Å². The van der Waals surface area contributed by atoms with Gasteiger partial charge in [0.25, 0.3) is 5.78 Å². The predicted molar refractivity (Wildman–Crippen MR) is 154 cm³/mol. The number of thioether (sulfide) groups is 1. The average Bonchev–Trinajstić information content (AvgIpc) is 3.51. The van der Waals surface area contributed by atoms with Crippen molar-refractivity contribution >= 4 is 57.3 Å². The van der Waals surface area contributed by atoms with Crippen LogP contribution in [-0.2, 0) is 15.3 Å². The van der Waals surface area contributed by atoms with Crippen LogP contribution in [0.5, 0.6) is 5.75 Å². The molecule has 198 valence electrons. The molecule has 3 aromatic carbocycles. The maximum atomic E-state index is 13.4. The summed E-state index contributed by atoms with van der Waals surface area (Å²) in [5.74, 6) is -0.582. The highest BCUT2D eigenvalue weighted by Gasteiger charge is 2.48. The highest BCUT2D eigenvalue weighted by atomic mass is 35.5. The van der Waals surface area contributed by atoms with Crippen LogP contribution in [0.1, 0.15) is 35.2 Å². The van der Waals surface area contributed by atoms with Gasteiger partial charge in [0, 0.05) is 16.3 Å². The van der Waals surface area contributed by atoms with Crippen LogP contribution in [0.3, 0.4) is 0 Å². The molecule has 1 aliphatic heterocycles. The number of ketones is 1. The molecule has 2 heterocycles. The number of aryl methyl sites for hydroxylation is 1. The molecule has 39 heavy (non-hydrogen) atoms. The van der Waals surface area contributed by atoms with Crippen LogP contribution in [0.25, 0.3) is 5.76 Å². The van der Waals surface area contributed by atoms with Gasteiger partial charge in [0.05, 0.1) is 18.2 Å². The van der Waals surface area contributed by atoms with Crippen LogP contribution >= 0.6 is 34.7 Å². The fourth-order valence-electron chi connectivity index (χ4n) is 4.24. The molecule has 0 radical (unpaired) electrons. The Morgan fingerprint density at radius 3 is 2.54 bits per heavy atom. The molecule has 0 bridgehead atoms. The topological polar surface area (TPSA) is 92.6 Å². The standard InChI is InChI=1S/C29H24ClN3O4S2/c1-3-37-22-6-4-5-20(15-22)24-23(25(34)19-11-7-17(2)8-12-19)26(35)27(36)33(24)28-31-32-29(39-28)38-16-18-9-13-21(30)14-10-18/h4-15,24,34H,3,16H2,1-2H3/b25-23+. The monoisotopic (exact) mass is 577 g/mol. The second-order valence-corrected chi connectivity index (χ2v) is 11.4. The van der Waals surface area contributed by atoms with E-state index in [1.165, 1.54) is 28.0 Å². The first kappa shape index (κ1) is 26.9. The molecule has 1 unspecified atom stereocenters. The number of aromatic nitrogens is 2. The lowest BCUT2D eigenvalue weighted by molar-refractivity contribution is -0.132. The lowest BCUT2D eigenvalue weighted by Gasteiger charge is -2.23. The minimum atomic E-state index is -0.909. The largest absolute Gasteiger partial charge is 0.507 e. The van der Waals surface area contributed by atoms with E-state index in [0.717, 1.165) is 11.1 Å². The summed E-state index contributed by atoms with van der Waals surface area (Å²) in [5, 5.41) is 20.8. The Balaban J connectivity index is 1.54. The van der Waals surface area contributed by atoms with E-state index in [1.54, 1.807) is 36.4 Å². The molecule has 1 aromatic heterocycles. The summed E-state index contributed by atoms with van der Waals surface area (Å²) >= 11 is 8.67. The summed E-state index contributed by atoms with van der Waals surface area (Å²) in [6.07, 6.45) is 0. The van der Waals surface area contributed by atoms with Crippen molar-refractivity contribution in [1.29, 1.82) is 0 Å². The summed E-state index contributed by atoms with van der Waals surface area (Å²) in [6, 6.07) is 20.9. The van der Waals surface area contributed by atoms with Gasteiger partial charge < -0.3 is 9.84 Å². The van der Waals surface area contributed by atoms with Crippen molar-refractivity contribution < 1.29 is 19.4 Å². The number of carbonyl (C=O) groups is 2. The van der Waals surface area contributed by atoms with Crippen molar-refractivity contribution in [2.24, 2.45) is 0 Å². The highest BCUT2D eigenvalue weighted by molar-refractivity contribution is 8.00. The van der Waals surface area contributed by atoms with Crippen molar-refractivity contribution in [2.45, 2.75) is 30.0 Å². The molecule has 7 nitrogen and oxygen atoms in total. The second-order valence-electron chi connectivity index (χ2n) is 8.81. The third-order valence-electron chi connectivity index (χ3n) is 6.13. The molecule has 5 rings (SSSR count). The van der Waals surface area contributed by atoms with Gasteiger partial charge in [-0.1, -0.05) is 88.8 Å². The number of anilines is 1. The van der Waals surface area contributed by atoms with Gasteiger partial charge in [0.2, 0.25) is 5.13 Å². The van der Waals surface area contributed by atoms with Crippen molar-refractivity contribution in [1.82, 2.24) is 10.2 Å². The number of hydrogen-bond acceptors (Lipinski definition) is 8. The van der Waals surface area contributed by atoms with Gasteiger partial charge in [-0.25, -0.2) is 0 Å². The smallest absolute Gasteiger partial charge is 0.301 e. The van der Waals surface area contributed by atoms with Gasteiger partial charge in [-0.15, -0.1) is 10.2 Å². The number of rotatable bonds is 8. The number of Topliss-reactive ketones (excluding diaryl/α,β-unsaturated/α-hetero) is 1. The lowest BCUT2D eigenvalue weighted by atomic mass is 9.95. The first-order chi connectivity index (χ1) is 18.9. The van der Waals surface area contributed by atoms with Crippen LogP contribution < -0.4 is 9.64 Å². The van der Waals surface area contributed by atoms with Gasteiger partial charge in [0.1, 0.15) is 11.5 Å². The molecule has 0 spiro atoms. The average molecular weight is 578 g/mol. The van der Waals surface area contributed by atoms with Crippen LogP contribution in [0.2, 0.25) is 5.02 Å². The molecule has 1 saturated heterocycles. The highest BCUT2D eigenvalue weighted by Crippen LogP contribution is 2.44. The number of amides is 1. The Hall–Kier alpha value is -3.66. The number of aliphatic hydroxyl groups is 1. The molecule has 1 aliphatic rings. The van der Waals surface area contributed by atoms with Gasteiger partial charge >= 0.3 is 5.91 Å². The summed E-state index contributed by atoms with van der Waals surface area (Å²) in [5.41, 5.74) is 3.11. The molecule has 1 N–H and O–H groups in total. The molecular weight excluding hydrogens is 554 g/mol. The fourth-order valence-corrected chi connectivity index (χ4v) is 6.19. The number of hydrogen-bond donors (Lipinski definition) is 1. The van der Waals surface area contributed by atoms with E-state index < -0.39 is 17.7 Å². The van der Waals surface area contributed by atoms with E-state index >= 15 is 0 Å². The number of benzene rings is 3. The maximum Gasteiger partial charge on any atom is 0.301 e.